The minimum absolute atomic E-state index is 0.00982. The molecule has 0 spiro atoms. The zero-order valence-electron chi connectivity index (χ0n) is 9.75. The third-order valence-electron chi connectivity index (χ3n) is 2.51. The van der Waals surface area contributed by atoms with Gasteiger partial charge in [-0.1, -0.05) is 0 Å². The SMILES string of the molecule is O=[N+]([O-])c1ccc(F)cc1NCC(O)c1ccco1. The number of aliphatic hydroxyl groups is 1. The Balaban J connectivity index is 2.10. The van der Waals surface area contributed by atoms with E-state index in [9.17, 15) is 19.6 Å². The first-order chi connectivity index (χ1) is 9.08. The maximum absolute atomic E-state index is 13.1. The van der Waals surface area contributed by atoms with Crippen LogP contribution in [0.5, 0.6) is 0 Å². The van der Waals surface area contributed by atoms with E-state index in [4.69, 9.17) is 4.42 Å². The largest absolute Gasteiger partial charge is 0.467 e. The number of nitro groups is 1. The van der Waals surface area contributed by atoms with Crippen molar-refractivity contribution in [1.82, 2.24) is 0 Å². The van der Waals surface area contributed by atoms with Crippen molar-refractivity contribution in [3.05, 3.63) is 58.3 Å². The molecule has 6 nitrogen and oxygen atoms in total. The van der Waals surface area contributed by atoms with Crippen molar-refractivity contribution in [3.8, 4) is 0 Å². The molecule has 2 N–H and O–H groups in total. The maximum atomic E-state index is 13.1. The van der Waals surface area contributed by atoms with Crippen LogP contribution in [0.2, 0.25) is 0 Å². The monoisotopic (exact) mass is 266 g/mol. The molecule has 0 radical (unpaired) electrons. The number of furan rings is 1. The second-order valence-corrected chi connectivity index (χ2v) is 3.83. The number of hydrogen-bond donors (Lipinski definition) is 2. The van der Waals surface area contributed by atoms with Gasteiger partial charge in [-0.05, 0) is 18.2 Å². The van der Waals surface area contributed by atoms with Crippen molar-refractivity contribution >= 4 is 11.4 Å². The summed E-state index contributed by atoms with van der Waals surface area (Å²) in [5.74, 6) is -0.271. The van der Waals surface area contributed by atoms with Crippen LogP contribution in [0.3, 0.4) is 0 Å². The molecule has 0 aliphatic rings. The second kappa shape index (κ2) is 5.49. The van der Waals surface area contributed by atoms with E-state index in [-0.39, 0.29) is 17.9 Å². The molecule has 0 fully saturated rings. The molecular weight excluding hydrogens is 255 g/mol. The summed E-state index contributed by atoms with van der Waals surface area (Å²) >= 11 is 0. The molecule has 2 rings (SSSR count). The third-order valence-corrected chi connectivity index (χ3v) is 2.51. The highest BCUT2D eigenvalue weighted by Crippen LogP contribution is 2.25. The Morgan fingerprint density at radius 3 is 2.89 bits per heavy atom. The molecule has 100 valence electrons. The summed E-state index contributed by atoms with van der Waals surface area (Å²) in [7, 11) is 0. The van der Waals surface area contributed by atoms with Crippen LogP contribution in [0, 0.1) is 15.9 Å². The van der Waals surface area contributed by atoms with Crippen molar-refractivity contribution in [2.75, 3.05) is 11.9 Å². The van der Waals surface area contributed by atoms with Crippen molar-refractivity contribution in [2.45, 2.75) is 6.10 Å². The molecule has 0 aliphatic heterocycles. The predicted molar refractivity (Wildman–Crippen MR) is 65.2 cm³/mol. The minimum Gasteiger partial charge on any atom is -0.467 e. The van der Waals surface area contributed by atoms with Crippen LogP contribution in [0.15, 0.2) is 41.0 Å². The zero-order chi connectivity index (χ0) is 13.8. The van der Waals surface area contributed by atoms with Gasteiger partial charge in [0.15, 0.2) is 0 Å². The summed E-state index contributed by atoms with van der Waals surface area (Å²) in [4.78, 5) is 10.1. The molecule has 1 aromatic carbocycles. The van der Waals surface area contributed by atoms with E-state index >= 15 is 0 Å². The first kappa shape index (κ1) is 13.0. The topological polar surface area (TPSA) is 88.5 Å². The molecule has 0 bridgehead atoms. The first-order valence-electron chi connectivity index (χ1n) is 5.47. The number of aliphatic hydroxyl groups excluding tert-OH is 1. The first-order valence-corrected chi connectivity index (χ1v) is 5.47. The fourth-order valence-corrected chi connectivity index (χ4v) is 1.60. The van der Waals surface area contributed by atoms with E-state index in [0.29, 0.717) is 5.76 Å². The molecule has 0 saturated heterocycles. The van der Waals surface area contributed by atoms with Gasteiger partial charge in [-0.2, -0.15) is 0 Å². The van der Waals surface area contributed by atoms with Crippen molar-refractivity contribution in [1.29, 1.82) is 0 Å². The van der Waals surface area contributed by atoms with Gasteiger partial charge in [0.2, 0.25) is 0 Å². The fraction of sp³-hybridized carbons (Fsp3) is 0.167. The average molecular weight is 266 g/mol. The van der Waals surface area contributed by atoms with E-state index in [1.54, 1.807) is 12.1 Å². The summed E-state index contributed by atoms with van der Waals surface area (Å²) < 4.78 is 18.1. The van der Waals surface area contributed by atoms with Gasteiger partial charge in [0.05, 0.1) is 11.2 Å². The number of halogens is 1. The highest BCUT2D eigenvalue weighted by atomic mass is 19.1. The maximum Gasteiger partial charge on any atom is 0.292 e. The molecule has 0 saturated carbocycles. The van der Waals surface area contributed by atoms with Crippen LogP contribution in [0.1, 0.15) is 11.9 Å². The van der Waals surface area contributed by atoms with Gasteiger partial charge in [0.25, 0.3) is 5.69 Å². The Bertz CT molecular complexity index is 571. The van der Waals surface area contributed by atoms with Crippen LogP contribution >= 0.6 is 0 Å². The number of nitro benzene ring substituents is 1. The van der Waals surface area contributed by atoms with Crippen molar-refractivity contribution < 1.29 is 18.8 Å². The highest BCUT2D eigenvalue weighted by Gasteiger charge is 2.16. The molecular formula is C12H11FN2O4. The molecule has 1 unspecified atom stereocenters. The van der Waals surface area contributed by atoms with E-state index in [0.717, 1.165) is 18.2 Å². The Morgan fingerprint density at radius 2 is 2.26 bits per heavy atom. The van der Waals surface area contributed by atoms with Crippen molar-refractivity contribution in [3.63, 3.8) is 0 Å². The fourth-order valence-electron chi connectivity index (χ4n) is 1.60. The number of hydrogen-bond acceptors (Lipinski definition) is 5. The van der Waals surface area contributed by atoms with Crippen LogP contribution in [-0.4, -0.2) is 16.6 Å². The van der Waals surface area contributed by atoms with E-state index in [2.05, 4.69) is 5.32 Å². The zero-order valence-corrected chi connectivity index (χ0v) is 9.75. The smallest absolute Gasteiger partial charge is 0.292 e. The average Bonchev–Trinajstić information content (AvgIpc) is 2.89. The lowest BCUT2D eigenvalue weighted by Gasteiger charge is -2.10. The molecule has 1 heterocycles. The molecule has 0 amide bonds. The van der Waals surface area contributed by atoms with Crippen LogP contribution < -0.4 is 5.32 Å². The summed E-state index contributed by atoms with van der Waals surface area (Å²) in [5.41, 5.74) is -0.247. The molecule has 1 aromatic heterocycles. The van der Waals surface area contributed by atoms with Gasteiger partial charge in [-0.15, -0.1) is 0 Å². The number of nitrogens with one attached hydrogen (secondary N) is 1. The third kappa shape index (κ3) is 3.08. The Hall–Kier alpha value is -2.41. The Kier molecular flexibility index (Phi) is 3.76. The number of rotatable bonds is 5. The number of anilines is 1. The molecule has 7 heteroatoms. The molecule has 0 aliphatic carbocycles. The molecule has 2 aromatic rings. The molecule has 1 atom stereocenters. The highest BCUT2D eigenvalue weighted by molar-refractivity contribution is 5.61. The van der Waals surface area contributed by atoms with Gasteiger partial charge < -0.3 is 14.8 Å². The lowest BCUT2D eigenvalue weighted by Crippen LogP contribution is -2.12. The lowest BCUT2D eigenvalue weighted by atomic mass is 10.2. The number of benzene rings is 1. The van der Waals surface area contributed by atoms with Crippen LogP contribution in [0.25, 0.3) is 0 Å². The Morgan fingerprint density at radius 1 is 1.47 bits per heavy atom. The standard InChI is InChI=1S/C12H11FN2O4/c13-8-3-4-10(15(17)18)9(6-8)14-7-11(16)12-2-1-5-19-12/h1-6,11,14,16H,7H2. The Labute approximate surface area is 107 Å². The normalized spacial score (nSPS) is 12.1. The van der Waals surface area contributed by atoms with Gasteiger partial charge in [-0.3, -0.25) is 10.1 Å². The summed E-state index contributed by atoms with van der Waals surface area (Å²) in [6, 6.07) is 6.27. The van der Waals surface area contributed by atoms with Gasteiger partial charge in [0, 0.05) is 18.7 Å². The summed E-state index contributed by atoms with van der Waals surface area (Å²) in [6.45, 7) is -0.0300. The van der Waals surface area contributed by atoms with Gasteiger partial charge in [0.1, 0.15) is 23.4 Å². The van der Waals surface area contributed by atoms with Gasteiger partial charge in [-0.25, -0.2) is 4.39 Å². The van der Waals surface area contributed by atoms with E-state index in [1.807, 2.05) is 0 Å². The summed E-state index contributed by atoms with van der Waals surface area (Å²) in [5, 5.41) is 23.1. The van der Waals surface area contributed by atoms with Crippen LogP contribution in [0.4, 0.5) is 15.8 Å². The van der Waals surface area contributed by atoms with Gasteiger partial charge >= 0.3 is 0 Å². The molecule has 19 heavy (non-hydrogen) atoms. The quantitative estimate of drug-likeness (QED) is 0.641. The van der Waals surface area contributed by atoms with Crippen LogP contribution in [-0.2, 0) is 0 Å². The summed E-state index contributed by atoms with van der Waals surface area (Å²) in [6.07, 6.45) is 0.432. The van der Waals surface area contributed by atoms with E-state index < -0.39 is 16.8 Å². The minimum atomic E-state index is -0.974. The van der Waals surface area contributed by atoms with E-state index in [1.165, 1.54) is 6.26 Å². The predicted octanol–water partition coefficient (Wildman–Crippen LogP) is 2.47. The van der Waals surface area contributed by atoms with Crippen molar-refractivity contribution in [2.24, 2.45) is 0 Å². The second-order valence-electron chi connectivity index (χ2n) is 3.83. The number of nitrogens with zero attached hydrogens (tertiary/aromatic N) is 1. The lowest BCUT2D eigenvalue weighted by molar-refractivity contribution is -0.384.